The van der Waals surface area contributed by atoms with Crippen LogP contribution in [0.5, 0.6) is 0 Å². The Kier molecular flexibility index (Phi) is 5.01. The summed E-state index contributed by atoms with van der Waals surface area (Å²) in [6.45, 7) is 5.08. The molecule has 0 bridgehead atoms. The van der Waals surface area contributed by atoms with Crippen molar-refractivity contribution in [3.8, 4) is 0 Å². The molecule has 1 saturated heterocycles. The van der Waals surface area contributed by atoms with Crippen LogP contribution in [0.2, 0.25) is 0 Å². The van der Waals surface area contributed by atoms with Crippen LogP contribution in [0, 0.1) is 5.82 Å². The molecule has 1 aliphatic heterocycles. The van der Waals surface area contributed by atoms with E-state index in [9.17, 15) is 12.8 Å². The lowest BCUT2D eigenvalue weighted by molar-refractivity contribution is 0.196. The number of alkyl halides is 1. The number of rotatable bonds is 4. The average molecular weight is 321 g/mol. The van der Waals surface area contributed by atoms with Gasteiger partial charge in [0.05, 0.1) is 0 Å². The molecule has 0 amide bonds. The minimum Gasteiger partial charge on any atom is -0.301 e. The Morgan fingerprint density at radius 2 is 1.90 bits per heavy atom. The Labute approximate surface area is 124 Å². The minimum atomic E-state index is -3.76. The number of piperazine rings is 1. The first-order valence-electron chi connectivity index (χ1n) is 6.56. The zero-order chi connectivity index (χ0) is 14.8. The number of likely N-dealkylation sites (N-methyl/N-ethyl adjacent to an activating group) is 1. The summed E-state index contributed by atoms with van der Waals surface area (Å²) in [5.74, 6) is -0.576. The number of hydrogen-bond acceptors (Lipinski definition) is 3. The highest BCUT2D eigenvalue weighted by molar-refractivity contribution is 7.89. The maximum atomic E-state index is 14.0. The van der Waals surface area contributed by atoms with Crippen LogP contribution in [-0.2, 0) is 15.9 Å². The van der Waals surface area contributed by atoms with Gasteiger partial charge in [-0.2, -0.15) is 4.31 Å². The molecule has 112 valence electrons. The van der Waals surface area contributed by atoms with Crippen LogP contribution in [0.3, 0.4) is 0 Å². The molecule has 0 atom stereocenters. The monoisotopic (exact) mass is 320 g/mol. The molecule has 20 heavy (non-hydrogen) atoms. The van der Waals surface area contributed by atoms with Gasteiger partial charge in [-0.15, -0.1) is 11.6 Å². The molecule has 0 aromatic heterocycles. The highest BCUT2D eigenvalue weighted by atomic mass is 35.5. The van der Waals surface area contributed by atoms with E-state index in [4.69, 9.17) is 11.6 Å². The normalized spacial score (nSPS) is 18.4. The van der Waals surface area contributed by atoms with E-state index in [0.29, 0.717) is 31.7 Å². The number of halogens is 2. The molecular weight excluding hydrogens is 303 g/mol. The molecule has 0 unspecified atom stereocenters. The average Bonchev–Trinajstić information content (AvgIpc) is 2.46. The molecular formula is C13H18ClFN2O2S. The van der Waals surface area contributed by atoms with Crippen molar-refractivity contribution in [2.24, 2.45) is 0 Å². The minimum absolute atomic E-state index is 0.159. The van der Waals surface area contributed by atoms with Gasteiger partial charge in [-0.3, -0.25) is 0 Å². The van der Waals surface area contributed by atoms with Gasteiger partial charge in [0.15, 0.2) is 0 Å². The lowest BCUT2D eigenvalue weighted by Gasteiger charge is -2.33. The van der Waals surface area contributed by atoms with Crippen molar-refractivity contribution in [2.75, 3.05) is 32.7 Å². The predicted molar refractivity (Wildman–Crippen MR) is 76.8 cm³/mol. The van der Waals surface area contributed by atoms with Crippen LogP contribution in [-0.4, -0.2) is 50.3 Å². The summed E-state index contributed by atoms with van der Waals surface area (Å²) in [5.41, 5.74) is 0.568. The maximum absolute atomic E-state index is 14.0. The molecule has 0 spiro atoms. The summed E-state index contributed by atoms with van der Waals surface area (Å²) >= 11 is 5.61. The Hall–Kier alpha value is -0.690. The highest BCUT2D eigenvalue weighted by Crippen LogP contribution is 2.22. The molecule has 1 heterocycles. The summed E-state index contributed by atoms with van der Waals surface area (Å²) in [7, 11) is -3.76. The van der Waals surface area contributed by atoms with Gasteiger partial charge in [-0.05, 0) is 24.2 Å². The van der Waals surface area contributed by atoms with Gasteiger partial charge >= 0.3 is 0 Å². The van der Waals surface area contributed by atoms with E-state index >= 15 is 0 Å². The van der Waals surface area contributed by atoms with Crippen LogP contribution < -0.4 is 0 Å². The number of sulfonamides is 1. The number of nitrogens with zero attached hydrogens (tertiary/aromatic N) is 2. The Balaban J connectivity index is 2.23. The molecule has 2 rings (SSSR count). The molecule has 7 heteroatoms. The Morgan fingerprint density at radius 1 is 1.25 bits per heavy atom. The first kappa shape index (κ1) is 15.7. The molecule has 4 nitrogen and oxygen atoms in total. The molecule has 1 aromatic carbocycles. The molecule has 0 radical (unpaired) electrons. The molecule has 0 N–H and O–H groups in total. The van der Waals surface area contributed by atoms with Gasteiger partial charge < -0.3 is 4.90 Å². The highest BCUT2D eigenvalue weighted by Gasteiger charge is 2.30. The van der Waals surface area contributed by atoms with Crippen LogP contribution in [0.4, 0.5) is 4.39 Å². The third-order valence-corrected chi connectivity index (χ3v) is 5.79. The van der Waals surface area contributed by atoms with Crippen LogP contribution in [0.1, 0.15) is 12.5 Å². The second-order valence-corrected chi connectivity index (χ2v) is 6.91. The molecule has 1 fully saturated rings. The lowest BCUT2D eigenvalue weighted by atomic mass is 10.2. The third-order valence-electron chi connectivity index (χ3n) is 3.55. The van der Waals surface area contributed by atoms with E-state index in [1.54, 1.807) is 6.07 Å². The summed E-state index contributed by atoms with van der Waals surface area (Å²) in [6.07, 6.45) is 0. The summed E-state index contributed by atoms with van der Waals surface area (Å²) in [4.78, 5) is 1.90. The topological polar surface area (TPSA) is 40.6 Å². The van der Waals surface area contributed by atoms with Crippen molar-refractivity contribution >= 4 is 21.6 Å². The second-order valence-electron chi connectivity index (χ2n) is 4.74. The van der Waals surface area contributed by atoms with Gasteiger partial charge in [0.2, 0.25) is 10.0 Å². The summed E-state index contributed by atoms with van der Waals surface area (Å²) < 4.78 is 40.2. The van der Waals surface area contributed by atoms with E-state index in [2.05, 4.69) is 4.90 Å². The standard InChI is InChI=1S/C13H18ClFN2O2S/c1-2-16-5-7-17(8-6-16)20(18,19)13-4-3-11(10-14)9-12(13)15/h3-4,9H,2,5-8,10H2,1H3. The first-order valence-corrected chi connectivity index (χ1v) is 8.53. The smallest absolute Gasteiger partial charge is 0.246 e. The van der Waals surface area contributed by atoms with Gasteiger partial charge in [-0.1, -0.05) is 13.0 Å². The quantitative estimate of drug-likeness (QED) is 0.796. The zero-order valence-electron chi connectivity index (χ0n) is 11.3. The molecule has 0 aliphatic carbocycles. The van der Waals surface area contributed by atoms with Gasteiger partial charge in [0, 0.05) is 32.1 Å². The molecule has 1 aromatic rings. The fourth-order valence-corrected chi connectivity index (χ4v) is 3.90. The largest absolute Gasteiger partial charge is 0.301 e. The van der Waals surface area contributed by atoms with Gasteiger partial charge in [0.1, 0.15) is 10.7 Å². The van der Waals surface area contributed by atoms with Crippen LogP contribution in [0.25, 0.3) is 0 Å². The SMILES string of the molecule is CCN1CCN(S(=O)(=O)c2ccc(CCl)cc2F)CC1. The van der Waals surface area contributed by atoms with Gasteiger partial charge in [-0.25, -0.2) is 12.8 Å². The van der Waals surface area contributed by atoms with E-state index < -0.39 is 15.8 Å². The van der Waals surface area contributed by atoms with Gasteiger partial charge in [0.25, 0.3) is 0 Å². The van der Waals surface area contributed by atoms with E-state index in [0.717, 1.165) is 6.54 Å². The first-order chi connectivity index (χ1) is 9.48. The fraction of sp³-hybridized carbons (Fsp3) is 0.538. The maximum Gasteiger partial charge on any atom is 0.246 e. The van der Waals surface area contributed by atoms with Crippen molar-refractivity contribution in [1.82, 2.24) is 9.21 Å². The molecule has 1 aliphatic rings. The van der Waals surface area contributed by atoms with E-state index in [1.807, 2.05) is 6.92 Å². The fourth-order valence-electron chi connectivity index (χ4n) is 2.26. The van der Waals surface area contributed by atoms with E-state index in [-0.39, 0.29) is 10.8 Å². The van der Waals surface area contributed by atoms with Crippen molar-refractivity contribution in [1.29, 1.82) is 0 Å². The van der Waals surface area contributed by atoms with E-state index in [1.165, 1.54) is 16.4 Å². The zero-order valence-corrected chi connectivity index (χ0v) is 12.9. The van der Waals surface area contributed by atoms with Crippen molar-refractivity contribution in [2.45, 2.75) is 17.7 Å². The third kappa shape index (κ3) is 3.14. The number of hydrogen-bond donors (Lipinski definition) is 0. The summed E-state index contributed by atoms with van der Waals surface area (Å²) in [6, 6.07) is 4.03. The second kappa shape index (κ2) is 6.39. The number of benzene rings is 1. The van der Waals surface area contributed by atoms with Crippen molar-refractivity contribution < 1.29 is 12.8 Å². The van der Waals surface area contributed by atoms with Crippen molar-refractivity contribution in [3.05, 3.63) is 29.6 Å². The van der Waals surface area contributed by atoms with Crippen LogP contribution >= 0.6 is 11.6 Å². The lowest BCUT2D eigenvalue weighted by Crippen LogP contribution is -2.48. The Bertz CT molecular complexity index is 572. The predicted octanol–water partition coefficient (Wildman–Crippen LogP) is 1.89. The summed E-state index contributed by atoms with van der Waals surface area (Å²) in [5, 5.41) is 0. The van der Waals surface area contributed by atoms with Crippen LogP contribution in [0.15, 0.2) is 23.1 Å². The van der Waals surface area contributed by atoms with Crippen molar-refractivity contribution in [3.63, 3.8) is 0 Å². The molecule has 0 saturated carbocycles. The Morgan fingerprint density at radius 3 is 2.40 bits per heavy atom.